The number of allylic oxidation sites excluding steroid dienone is 4. The van der Waals surface area contributed by atoms with Crippen LogP contribution in [-0.2, 0) is 9.47 Å². The first kappa shape index (κ1) is 17.7. The molecule has 0 N–H and O–H groups in total. The standard InChI is InChI=1S/C17H28O2/c1-8-11-14(6)16(13(4)5)17(18-7)15(9-2)12-19-10-3/h8-9,14H,1,4,10-12H2,2-3,5-7H3/b15-9-,17-16-/t14-/m1/s1. The summed E-state index contributed by atoms with van der Waals surface area (Å²) in [5.41, 5.74) is 3.25. The van der Waals surface area contributed by atoms with Crippen molar-refractivity contribution in [3.8, 4) is 0 Å². The molecule has 0 amide bonds. The quantitative estimate of drug-likeness (QED) is 0.342. The highest BCUT2D eigenvalue weighted by molar-refractivity contribution is 5.41. The lowest BCUT2D eigenvalue weighted by atomic mass is 9.89. The molecule has 0 unspecified atom stereocenters. The van der Waals surface area contributed by atoms with E-state index in [0.29, 0.717) is 19.1 Å². The maximum atomic E-state index is 5.63. The van der Waals surface area contributed by atoms with E-state index in [1.165, 1.54) is 0 Å². The molecule has 0 radical (unpaired) electrons. The van der Waals surface area contributed by atoms with E-state index in [1.807, 2.05) is 32.9 Å². The van der Waals surface area contributed by atoms with Crippen molar-refractivity contribution < 1.29 is 9.47 Å². The molecule has 2 nitrogen and oxygen atoms in total. The van der Waals surface area contributed by atoms with Crippen LogP contribution in [0.2, 0.25) is 0 Å². The Balaban J connectivity index is 5.54. The van der Waals surface area contributed by atoms with Crippen LogP contribution in [0.5, 0.6) is 0 Å². The molecule has 0 aliphatic rings. The van der Waals surface area contributed by atoms with E-state index in [1.54, 1.807) is 7.11 Å². The first-order chi connectivity index (χ1) is 9.03. The van der Waals surface area contributed by atoms with E-state index in [-0.39, 0.29) is 0 Å². The van der Waals surface area contributed by atoms with Gasteiger partial charge in [-0.05, 0) is 38.7 Å². The van der Waals surface area contributed by atoms with Gasteiger partial charge in [0.2, 0.25) is 0 Å². The molecule has 0 fully saturated rings. The molecule has 19 heavy (non-hydrogen) atoms. The summed E-state index contributed by atoms with van der Waals surface area (Å²) >= 11 is 0. The molecule has 0 aromatic carbocycles. The Morgan fingerprint density at radius 2 is 2.00 bits per heavy atom. The van der Waals surface area contributed by atoms with Crippen LogP contribution in [-0.4, -0.2) is 20.3 Å². The molecule has 0 saturated carbocycles. The molecule has 0 aromatic heterocycles. The van der Waals surface area contributed by atoms with Crippen molar-refractivity contribution in [1.82, 2.24) is 0 Å². The summed E-state index contributed by atoms with van der Waals surface area (Å²) in [6.07, 6.45) is 4.87. The molecule has 0 aromatic rings. The smallest absolute Gasteiger partial charge is 0.127 e. The fourth-order valence-electron chi connectivity index (χ4n) is 2.11. The summed E-state index contributed by atoms with van der Waals surface area (Å²) in [7, 11) is 1.70. The molecule has 0 bridgehead atoms. The number of hydrogen-bond donors (Lipinski definition) is 0. The van der Waals surface area contributed by atoms with Crippen LogP contribution in [0.1, 0.15) is 34.1 Å². The average molecular weight is 264 g/mol. The summed E-state index contributed by atoms with van der Waals surface area (Å²) in [4.78, 5) is 0. The number of hydrogen-bond acceptors (Lipinski definition) is 2. The SMILES string of the molecule is C=CC[C@@H](C)/C(C(=C)C)=C(OC)/C(=C\C)COCC. The topological polar surface area (TPSA) is 18.5 Å². The molecule has 0 aliphatic heterocycles. The minimum atomic E-state index is 0.335. The highest BCUT2D eigenvalue weighted by atomic mass is 16.5. The molecular formula is C17H28O2. The summed E-state index contributed by atoms with van der Waals surface area (Å²) in [6.45, 7) is 17.3. The third-order valence-corrected chi connectivity index (χ3v) is 3.02. The molecule has 1 atom stereocenters. The van der Waals surface area contributed by atoms with Gasteiger partial charge in [0.1, 0.15) is 5.76 Å². The normalized spacial score (nSPS) is 14.7. The van der Waals surface area contributed by atoms with Gasteiger partial charge in [-0.25, -0.2) is 0 Å². The van der Waals surface area contributed by atoms with E-state index in [4.69, 9.17) is 9.47 Å². The second kappa shape index (κ2) is 9.62. The second-order valence-corrected chi connectivity index (χ2v) is 4.60. The summed E-state index contributed by atoms with van der Waals surface area (Å²) in [6, 6.07) is 0. The lowest BCUT2D eigenvalue weighted by Gasteiger charge is -2.21. The van der Waals surface area contributed by atoms with Gasteiger partial charge in [-0.15, -0.1) is 6.58 Å². The van der Waals surface area contributed by atoms with Crippen molar-refractivity contribution in [2.24, 2.45) is 5.92 Å². The number of methoxy groups -OCH3 is 1. The average Bonchev–Trinajstić information content (AvgIpc) is 2.37. The van der Waals surface area contributed by atoms with Crippen LogP contribution in [0.25, 0.3) is 0 Å². The van der Waals surface area contributed by atoms with Gasteiger partial charge in [-0.1, -0.05) is 31.2 Å². The molecule has 108 valence electrons. The third-order valence-electron chi connectivity index (χ3n) is 3.02. The minimum Gasteiger partial charge on any atom is -0.496 e. The van der Waals surface area contributed by atoms with E-state index >= 15 is 0 Å². The van der Waals surface area contributed by atoms with E-state index in [0.717, 1.165) is 28.9 Å². The van der Waals surface area contributed by atoms with Crippen LogP contribution >= 0.6 is 0 Å². The molecular weight excluding hydrogens is 236 g/mol. The van der Waals surface area contributed by atoms with E-state index < -0.39 is 0 Å². The molecule has 0 aliphatic carbocycles. The number of ether oxygens (including phenoxy) is 2. The summed E-state index contributed by atoms with van der Waals surface area (Å²) in [5, 5.41) is 0. The van der Waals surface area contributed by atoms with Crippen LogP contribution < -0.4 is 0 Å². The van der Waals surface area contributed by atoms with Crippen LogP contribution in [0, 0.1) is 5.92 Å². The Hall–Kier alpha value is -1.28. The lowest BCUT2D eigenvalue weighted by molar-refractivity contribution is 0.163. The molecule has 0 rings (SSSR count). The zero-order valence-electron chi connectivity index (χ0n) is 13.1. The predicted octanol–water partition coefficient (Wildman–Crippen LogP) is 4.66. The molecule has 2 heteroatoms. The molecule has 0 saturated heterocycles. The van der Waals surface area contributed by atoms with E-state index in [2.05, 4.69) is 20.1 Å². The largest absolute Gasteiger partial charge is 0.496 e. The minimum absolute atomic E-state index is 0.335. The number of rotatable bonds is 9. The fourth-order valence-corrected chi connectivity index (χ4v) is 2.11. The zero-order chi connectivity index (χ0) is 14.8. The van der Waals surface area contributed by atoms with E-state index in [9.17, 15) is 0 Å². The fraction of sp³-hybridized carbons (Fsp3) is 0.529. The Morgan fingerprint density at radius 1 is 1.37 bits per heavy atom. The van der Waals surface area contributed by atoms with Crippen molar-refractivity contribution in [2.75, 3.05) is 20.3 Å². The predicted molar refractivity (Wildman–Crippen MR) is 83.1 cm³/mol. The van der Waals surface area contributed by atoms with Crippen molar-refractivity contribution in [3.63, 3.8) is 0 Å². The van der Waals surface area contributed by atoms with Crippen molar-refractivity contribution >= 4 is 0 Å². The van der Waals surface area contributed by atoms with Gasteiger partial charge in [0.25, 0.3) is 0 Å². The highest BCUT2D eigenvalue weighted by Crippen LogP contribution is 2.29. The second-order valence-electron chi connectivity index (χ2n) is 4.60. The first-order valence-electron chi connectivity index (χ1n) is 6.81. The Kier molecular flexibility index (Phi) is 8.98. The monoisotopic (exact) mass is 264 g/mol. The van der Waals surface area contributed by atoms with Gasteiger partial charge >= 0.3 is 0 Å². The summed E-state index contributed by atoms with van der Waals surface area (Å²) < 4.78 is 11.1. The summed E-state index contributed by atoms with van der Waals surface area (Å²) in [5.74, 6) is 1.22. The van der Waals surface area contributed by atoms with Gasteiger partial charge in [-0.2, -0.15) is 0 Å². The zero-order valence-corrected chi connectivity index (χ0v) is 13.1. The lowest BCUT2D eigenvalue weighted by Crippen LogP contribution is -2.10. The Morgan fingerprint density at radius 3 is 2.37 bits per heavy atom. The van der Waals surface area contributed by atoms with Gasteiger partial charge in [0.05, 0.1) is 13.7 Å². The van der Waals surface area contributed by atoms with Crippen molar-refractivity contribution in [3.05, 3.63) is 47.8 Å². The Labute approximate surface area is 118 Å². The third kappa shape index (κ3) is 5.48. The van der Waals surface area contributed by atoms with Gasteiger partial charge in [0, 0.05) is 12.2 Å². The highest BCUT2D eigenvalue weighted by Gasteiger charge is 2.18. The molecule has 0 heterocycles. The maximum Gasteiger partial charge on any atom is 0.127 e. The Bertz CT molecular complexity index is 361. The molecule has 0 spiro atoms. The van der Waals surface area contributed by atoms with Crippen LogP contribution in [0.4, 0.5) is 0 Å². The van der Waals surface area contributed by atoms with Gasteiger partial charge in [-0.3, -0.25) is 0 Å². The maximum absolute atomic E-state index is 5.63. The van der Waals surface area contributed by atoms with Crippen LogP contribution in [0.15, 0.2) is 47.8 Å². The van der Waals surface area contributed by atoms with Crippen molar-refractivity contribution in [1.29, 1.82) is 0 Å². The van der Waals surface area contributed by atoms with Crippen LogP contribution in [0.3, 0.4) is 0 Å². The van der Waals surface area contributed by atoms with Gasteiger partial charge in [0.15, 0.2) is 0 Å². The van der Waals surface area contributed by atoms with Crippen molar-refractivity contribution in [2.45, 2.75) is 34.1 Å². The van der Waals surface area contributed by atoms with Gasteiger partial charge < -0.3 is 9.47 Å². The first-order valence-corrected chi connectivity index (χ1v) is 6.81.